The first kappa shape index (κ1) is 23.1. The molecule has 1 spiro atoms. The van der Waals surface area contributed by atoms with Crippen molar-refractivity contribution in [3.8, 4) is 0 Å². The molecular formula is C28H25ClN2O4. The van der Waals surface area contributed by atoms with E-state index in [1.54, 1.807) is 24.0 Å². The number of anilines is 1. The van der Waals surface area contributed by atoms with E-state index >= 15 is 0 Å². The zero-order chi connectivity index (χ0) is 24.6. The van der Waals surface area contributed by atoms with Gasteiger partial charge in [0.15, 0.2) is 0 Å². The first-order chi connectivity index (χ1) is 17.0. The molecule has 3 aromatic carbocycles. The van der Waals surface area contributed by atoms with Gasteiger partial charge in [0.25, 0.3) is 0 Å². The number of halogens is 1. The summed E-state index contributed by atoms with van der Waals surface area (Å²) in [4.78, 5) is 44.3. The summed E-state index contributed by atoms with van der Waals surface area (Å²) in [6.45, 7) is 2.39. The molecule has 5 rings (SSSR count). The summed E-state index contributed by atoms with van der Waals surface area (Å²) in [6, 6.07) is 23.1. The third-order valence-electron chi connectivity index (χ3n) is 6.79. The van der Waals surface area contributed by atoms with E-state index in [-0.39, 0.29) is 31.4 Å². The van der Waals surface area contributed by atoms with Gasteiger partial charge in [0.05, 0.1) is 13.2 Å². The fraction of sp³-hybridized carbons (Fsp3) is 0.250. The lowest BCUT2D eigenvalue weighted by Gasteiger charge is -2.32. The van der Waals surface area contributed by atoms with Crippen LogP contribution in [-0.2, 0) is 37.6 Å². The number of hydrogen-bond donors (Lipinski definition) is 0. The molecule has 6 nitrogen and oxygen atoms in total. The van der Waals surface area contributed by atoms with E-state index in [2.05, 4.69) is 0 Å². The van der Waals surface area contributed by atoms with Gasteiger partial charge in [-0.25, -0.2) is 4.79 Å². The Morgan fingerprint density at radius 3 is 2.31 bits per heavy atom. The Bertz CT molecular complexity index is 1280. The number of carbonyl (C=O) groups excluding carboxylic acids is 3. The number of fused-ring (bicyclic) bond motifs is 2. The Morgan fingerprint density at radius 2 is 1.60 bits per heavy atom. The largest absolute Gasteiger partial charge is 0.464 e. The number of esters is 1. The maximum atomic E-state index is 14.2. The fourth-order valence-electron chi connectivity index (χ4n) is 5.27. The second-order valence-corrected chi connectivity index (χ2v) is 9.28. The summed E-state index contributed by atoms with van der Waals surface area (Å²) in [7, 11) is 0. The van der Waals surface area contributed by atoms with Gasteiger partial charge < -0.3 is 14.5 Å². The van der Waals surface area contributed by atoms with Gasteiger partial charge in [0.1, 0.15) is 11.5 Å². The molecule has 2 aliphatic heterocycles. The second-order valence-electron chi connectivity index (χ2n) is 8.84. The molecule has 2 heterocycles. The Morgan fingerprint density at radius 1 is 0.943 bits per heavy atom. The third-order valence-corrected chi connectivity index (χ3v) is 7.04. The average Bonchev–Trinajstić information content (AvgIpc) is 3.28. The molecule has 0 radical (unpaired) electrons. The van der Waals surface area contributed by atoms with E-state index in [0.717, 1.165) is 16.8 Å². The SMILES string of the molecule is CCOC(=O)[C@@H]1N(Cc2ccc(Cl)cc2)C(=O)C[C@]12C(=O)N(Cc1ccccc1)c1ccccc12. The summed E-state index contributed by atoms with van der Waals surface area (Å²) in [5.74, 6) is -1.09. The van der Waals surface area contributed by atoms with Crippen molar-refractivity contribution >= 4 is 35.1 Å². The minimum absolute atomic E-state index is 0.0921. The minimum Gasteiger partial charge on any atom is -0.464 e. The smallest absolute Gasteiger partial charge is 0.330 e. The zero-order valence-electron chi connectivity index (χ0n) is 19.3. The van der Waals surface area contributed by atoms with Crippen LogP contribution >= 0.6 is 11.6 Å². The fourth-order valence-corrected chi connectivity index (χ4v) is 5.40. The molecule has 3 aromatic rings. The first-order valence-electron chi connectivity index (χ1n) is 11.6. The highest BCUT2D eigenvalue weighted by atomic mass is 35.5. The highest BCUT2D eigenvalue weighted by Gasteiger charge is 2.66. The van der Waals surface area contributed by atoms with Crippen molar-refractivity contribution in [3.05, 3.63) is 101 Å². The van der Waals surface area contributed by atoms with Crippen molar-refractivity contribution < 1.29 is 19.1 Å². The van der Waals surface area contributed by atoms with Gasteiger partial charge in [-0.05, 0) is 41.8 Å². The second kappa shape index (κ2) is 9.19. The summed E-state index contributed by atoms with van der Waals surface area (Å²) in [5.41, 5.74) is 1.83. The Hall–Kier alpha value is -3.64. The molecule has 0 aromatic heterocycles. The monoisotopic (exact) mass is 488 g/mol. The van der Waals surface area contributed by atoms with Gasteiger partial charge in [0, 0.05) is 23.7 Å². The van der Waals surface area contributed by atoms with Crippen LogP contribution in [0.4, 0.5) is 5.69 Å². The van der Waals surface area contributed by atoms with Crippen molar-refractivity contribution in [2.75, 3.05) is 11.5 Å². The molecule has 0 N–H and O–H groups in total. The molecule has 35 heavy (non-hydrogen) atoms. The number of ether oxygens (including phenoxy) is 1. The lowest BCUT2D eigenvalue weighted by Crippen LogP contribution is -2.54. The Balaban J connectivity index is 1.60. The van der Waals surface area contributed by atoms with Crippen molar-refractivity contribution in [1.29, 1.82) is 0 Å². The molecule has 0 aliphatic carbocycles. The molecule has 1 fully saturated rings. The lowest BCUT2D eigenvalue weighted by molar-refractivity contribution is -0.154. The van der Waals surface area contributed by atoms with Crippen molar-refractivity contribution in [1.82, 2.24) is 4.90 Å². The van der Waals surface area contributed by atoms with Gasteiger partial charge in [0.2, 0.25) is 11.8 Å². The third kappa shape index (κ3) is 3.88. The predicted octanol–water partition coefficient (Wildman–Crippen LogP) is 4.49. The van der Waals surface area contributed by atoms with E-state index < -0.39 is 17.4 Å². The van der Waals surface area contributed by atoms with Crippen molar-refractivity contribution in [2.24, 2.45) is 0 Å². The van der Waals surface area contributed by atoms with Gasteiger partial charge in [-0.2, -0.15) is 0 Å². The minimum atomic E-state index is -1.35. The van der Waals surface area contributed by atoms with Crippen LogP contribution in [0.5, 0.6) is 0 Å². The van der Waals surface area contributed by atoms with E-state index in [1.807, 2.05) is 66.7 Å². The van der Waals surface area contributed by atoms with Crippen LogP contribution in [0.1, 0.15) is 30.0 Å². The number of likely N-dealkylation sites (tertiary alicyclic amines) is 1. The van der Waals surface area contributed by atoms with Crippen LogP contribution in [0.3, 0.4) is 0 Å². The summed E-state index contributed by atoms with van der Waals surface area (Å²) in [6.07, 6.45) is -0.0921. The highest BCUT2D eigenvalue weighted by Crippen LogP contribution is 2.52. The number of rotatable bonds is 6. The molecule has 0 unspecified atom stereocenters. The average molecular weight is 489 g/mol. The molecule has 2 aliphatic rings. The predicted molar refractivity (Wildman–Crippen MR) is 133 cm³/mol. The molecule has 0 bridgehead atoms. The van der Waals surface area contributed by atoms with Gasteiger partial charge in [-0.15, -0.1) is 0 Å². The van der Waals surface area contributed by atoms with Crippen LogP contribution in [0, 0.1) is 0 Å². The number of amides is 2. The van der Waals surface area contributed by atoms with Gasteiger partial charge in [-0.1, -0.05) is 72.3 Å². The maximum absolute atomic E-state index is 14.2. The lowest BCUT2D eigenvalue weighted by atomic mass is 9.74. The van der Waals surface area contributed by atoms with E-state index in [9.17, 15) is 14.4 Å². The Labute approximate surface area is 209 Å². The van der Waals surface area contributed by atoms with E-state index in [0.29, 0.717) is 17.1 Å². The standard InChI is InChI=1S/C28H25ClN2O4/c1-2-35-26(33)25-28(16-24(32)31(25)18-20-12-14-21(29)15-13-20)22-10-6-7-11-23(22)30(27(28)34)17-19-8-4-3-5-9-19/h3-15,25H,2,16-18H2,1H3/t25-,28+/m0/s1. The van der Waals surface area contributed by atoms with Crippen molar-refractivity contribution in [3.63, 3.8) is 0 Å². The van der Waals surface area contributed by atoms with Crippen molar-refractivity contribution in [2.45, 2.75) is 37.9 Å². The van der Waals surface area contributed by atoms with E-state index in [4.69, 9.17) is 16.3 Å². The number of benzene rings is 3. The molecule has 2 amide bonds. The summed E-state index contributed by atoms with van der Waals surface area (Å²) in [5, 5.41) is 0.580. The molecule has 2 atom stereocenters. The highest BCUT2D eigenvalue weighted by molar-refractivity contribution is 6.30. The molecule has 7 heteroatoms. The first-order valence-corrected chi connectivity index (χ1v) is 12.0. The molecule has 1 saturated heterocycles. The molecule has 178 valence electrons. The topological polar surface area (TPSA) is 66.9 Å². The van der Waals surface area contributed by atoms with Gasteiger partial charge in [-0.3, -0.25) is 9.59 Å². The van der Waals surface area contributed by atoms with Crippen LogP contribution < -0.4 is 4.90 Å². The quantitative estimate of drug-likeness (QED) is 0.479. The van der Waals surface area contributed by atoms with Crippen LogP contribution in [-0.4, -0.2) is 35.3 Å². The summed E-state index contributed by atoms with van der Waals surface area (Å²) >= 11 is 6.03. The maximum Gasteiger partial charge on any atom is 0.330 e. The van der Waals surface area contributed by atoms with E-state index in [1.165, 1.54) is 4.90 Å². The molecule has 0 saturated carbocycles. The number of nitrogens with zero attached hydrogens (tertiary/aromatic N) is 2. The van der Waals surface area contributed by atoms with Crippen LogP contribution in [0.2, 0.25) is 5.02 Å². The zero-order valence-corrected chi connectivity index (χ0v) is 20.1. The number of carbonyl (C=O) groups is 3. The van der Waals surface area contributed by atoms with Crippen LogP contribution in [0.15, 0.2) is 78.9 Å². The molecular weight excluding hydrogens is 464 g/mol. The summed E-state index contributed by atoms with van der Waals surface area (Å²) < 4.78 is 5.44. The number of hydrogen-bond acceptors (Lipinski definition) is 4. The number of para-hydroxylation sites is 1. The van der Waals surface area contributed by atoms with Crippen LogP contribution in [0.25, 0.3) is 0 Å². The normalized spacial score (nSPS) is 21.0. The van der Waals surface area contributed by atoms with Gasteiger partial charge >= 0.3 is 5.97 Å². The Kier molecular flexibility index (Phi) is 6.07.